The Morgan fingerprint density at radius 3 is 2.92 bits per heavy atom. The van der Waals surface area contributed by atoms with Gasteiger partial charge in [-0.25, -0.2) is 9.18 Å². The van der Waals surface area contributed by atoms with Crippen LogP contribution in [0.1, 0.15) is 43.1 Å². The van der Waals surface area contributed by atoms with E-state index in [1.807, 2.05) is 0 Å². The average Bonchev–Trinajstić information content (AvgIpc) is 3.32. The van der Waals surface area contributed by atoms with Crippen molar-refractivity contribution in [2.45, 2.75) is 39.3 Å². The van der Waals surface area contributed by atoms with Crippen molar-refractivity contribution in [2.24, 2.45) is 5.92 Å². The summed E-state index contributed by atoms with van der Waals surface area (Å²) < 4.78 is 24.4. The summed E-state index contributed by atoms with van der Waals surface area (Å²) in [6.45, 7) is 4.16. The predicted molar refractivity (Wildman–Crippen MR) is 87.4 cm³/mol. The number of hydrogen-bond donors (Lipinski definition) is 2. The molecular weight excluding hydrogens is 327 g/mol. The van der Waals surface area contributed by atoms with Crippen molar-refractivity contribution in [1.82, 2.24) is 20.8 Å². The third-order valence-corrected chi connectivity index (χ3v) is 3.95. The minimum Gasteiger partial charge on any atom is -0.490 e. The van der Waals surface area contributed by atoms with E-state index >= 15 is 0 Å². The van der Waals surface area contributed by atoms with Gasteiger partial charge in [-0.05, 0) is 43.4 Å². The largest absolute Gasteiger partial charge is 0.490 e. The molecule has 1 atom stereocenters. The highest BCUT2D eigenvalue weighted by molar-refractivity contribution is 5.74. The van der Waals surface area contributed by atoms with E-state index in [2.05, 4.69) is 20.8 Å². The second-order valence-electron chi connectivity index (χ2n) is 6.22. The van der Waals surface area contributed by atoms with Crippen molar-refractivity contribution in [1.29, 1.82) is 0 Å². The minimum atomic E-state index is -0.422. The number of nitrogens with zero attached hydrogens (tertiary/aromatic N) is 2. The SMILES string of the molecule is Cc1nc(CNC(=O)NC(C)c2ccc(OCC3CC3)c(F)c2)no1. The molecule has 0 aliphatic heterocycles. The summed E-state index contributed by atoms with van der Waals surface area (Å²) in [5.74, 6) is 1.22. The lowest BCUT2D eigenvalue weighted by Gasteiger charge is -2.16. The number of aromatic nitrogens is 2. The number of nitrogens with one attached hydrogen (secondary N) is 2. The lowest BCUT2D eigenvalue weighted by Crippen LogP contribution is -2.36. The maximum atomic E-state index is 14.1. The van der Waals surface area contributed by atoms with Gasteiger partial charge >= 0.3 is 6.03 Å². The molecule has 1 saturated carbocycles. The maximum Gasteiger partial charge on any atom is 0.315 e. The highest BCUT2D eigenvalue weighted by Crippen LogP contribution is 2.30. The molecule has 1 unspecified atom stereocenters. The Balaban J connectivity index is 1.50. The molecule has 0 bridgehead atoms. The van der Waals surface area contributed by atoms with Crippen molar-refractivity contribution in [3.8, 4) is 5.75 Å². The number of aryl methyl sites for hydroxylation is 1. The third-order valence-electron chi connectivity index (χ3n) is 3.95. The molecule has 134 valence electrons. The zero-order valence-corrected chi connectivity index (χ0v) is 14.2. The summed E-state index contributed by atoms with van der Waals surface area (Å²) in [6.07, 6.45) is 2.30. The molecule has 1 aliphatic carbocycles. The van der Waals surface area contributed by atoms with Crippen molar-refractivity contribution in [2.75, 3.05) is 6.61 Å². The van der Waals surface area contributed by atoms with Gasteiger partial charge in [-0.2, -0.15) is 4.98 Å². The van der Waals surface area contributed by atoms with Gasteiger partial charge in [0.2, 0.25) is 5.89 Å². The van der Waals surface area contributed by atoms with Crippen LogP contribution < -0.4 is 15.4 Å². The first-order valence-corrected chi connectivity index (χ1v) is 8.27. The van der Waals surface area contributed by atoms with Crippen molar-refractivity contribution in [3.63, 3.8) is 0 Å². The fourth-order valence-corrected chi connectivity index (χ4v) is 2.30. The molecule has 7 nitrogen and oxygen atoms in total. The zero-order chi connectivity index (χ0) is 17.8. The van der Waals surface area contributed by atoms with Crippen LogP contribution in [0, 0.1) is 18.7 Å². The quantitative estimate of drug-likeness (QED) is 0.803. The Morgan fingerprint density at radius 1 is 1.48 bits per heavy atom. The fraction of sp³-hybridized carbons (Fsp3) is 0.471. The highest BCUT2D eigenvalue weighted by Gasteiger charge is 2.22. The van der Waals surface area contributed by atoms with Crippen LogP contribution in [0.2, 0.25) is 0 Å². The van der Waals surface area contributed by atoms with Gasteiger partial charge in [0.15, 0.2) is 17.4 Å². The molecule has 25 heavy (non-hydrogen) atoms. The molecule has 1 aromatic heterocycles. The second-order valence-corrected chi connectivity index (χ2v) is 6.22. The van der Waals surface area contributed by atoms with Gasteiger partial charge in [-0.3, -0.25) is 0 Å². The van der Waals surface area contributed by atoms with E-state index in [-0.39, 0.29) is 18.3 Å². The molecule has 2 N–H and O–H groups in total. The van der Waals surface area contributed by atoms with Gasteiger partial charge in [-0.1, -0.05) is 11.2 Å². The summed E-state index contributed by atoms with van der Waals surface area (Å²) in [6, 6.07) is 3.98. The maximum absolute atomic E-state index is 14.1. The number of amides is 2. The average molecular weight is 348 g/mol. The van der Waals surface area contributed by atoms with E-state index in [0.29, 0.717) is 29.8 Å². The van der Waals surface area contributed by atoms with Crippen molar-refractivity contribution in [3.05, 3.63) is 41.3 Å². The van der Waals surface area contributed by atoms with Crippen LogP contribution in [0.5, 0.6) is 5.75 Å². The first kappa shape index (κ1) is 17.2. The van der Waals surface area contributed by atoms with Crippen LogP contribution in [-0.4, -0.2) is 22.8 Å². The molecule has 0 radical (unpaired) electrons. The van der Waals surface area contributed by atoms with Gasteiger partial charge in [0.05, 0.1) is 19.2 Å². The molecule has 0 saturated heterocycles. The number of hydrogen-bond acceptors (Lipinski definition) is 5. The van der Waals surface area contributed by atoms with E-state index in [0.717, 1.165) is 12.8 Å². The third kappa shape index (κ3) is 4.91. The zero-order valence-electron chi connectivity index (χ0n) is 14.2. The van der Waals surface area contributed by atoms with Gasteiger partial charge in [0, 0.05) is 6.92 Å². The number of carbonyl (C=O) groups excluding carboxylic acids is 1. The molecule has 1 aromatic carbocycles. The molecule has 2 amide bonds. The molecular formula is C17H21FN4O3. The van der Waals surface area contributed by atoms with E-state index in [1.165, 1.54) is 6.07 Å². The minimum absolute atomic E-state index is 0.151. The topological polar surface area (TPSA) is 89.3 Å². The summed E-state index contributed by atoms with van der Waals surface area (Å²) in [5.41, 5.74) is 0.654. The Bertz CT molecular complexity index is 745. The van der Waals surface area contributed by atoms with Crippen molar-refractivity contribution >= 4 is 6.03 Å². The number of rotatable bonds is 7. The van der Waals surface area contributed by atoms with E-state index < -0.39 is 11.8 Å². The molecule has 2 aromatic rings. The Labute approximate surface area is 144 Å². The smallest absolute Gasteiger partial charge is 0.315 e. The summed E-state index contributed by atoms with van der Waals surface area (Å²) in [5, 5.41) is 9.05. The van der Waals surface area contributed by atoms with Gasteiger partial charge in [-0.15, -0.1) is 0 Å². The lowest BCUT2D eigenvalue weighted by atomic mass is 10.1. The predicted octanol–water partition coefficient (Wildman–Crippen LogP) is 2.87. The van der Waals surface area contributed by atoms with E-state index in [4.69, 9.17) is 9.26 Å². The van der Waals surface area contributed by atoms with E-state index in [1.54, 1.807) is 26.0 Å². The highest BCUT2D eigenvalue weighted by atomic mass is 19.1. The molecule has 3 rings (SSSR count). The Kier molecular flexibility index (Phi) is 5.16. The molecule has 1 aliphatic rings. The van der Waals surface area contributed by atoms with Gasteiger partial charge in [0.25, 0.3) is 0 Å². The normalized spacial score (nSPS) is 14.8. The van der Waals surface area contributed by atoms with Crippen molar-refractivity contribution < 1.29 is 18.4 Å². The first-order valence-electron chi connectivity index (χ1n) is 8.27. The fourth-order valence-electron chi connectivity index (χ4n) is 2.30. The van der Waals surface area contributed by atoms with Gasteiger partial charge in [0.1, 0.15) is 0 Å². The number of halogens is 1. The van der Waals surface area contributed by atoms with Crippen LogP contribution in [0.3, 0.4) is 0 Å². The molecule has 8 heteroatoms. The van der Waals surface area contributed by atoms with Crippen LogP contribution in [0.4, 0.5) is 9.18 Å². The summed E-state index contributed by atoms with van der Waals surface area (Å²) >= 11 is 0. The number of benzene rings is 1. The monoisotopic (exact) mass is 348 g/mol. The van der Waals surface area contributed by atoms with Crippen LogP contribution in [0.15, 0.2) is 22.7 Å². The standard InChI is InChI=1S/C17H21FN4O3/c1-10(20-17(23)19-8-16-21-11(2)25-22-16)13-5-6-15(14(18)7-13)24-9-12-3-4-12/h5-7,10,12H,3-4,8-9H2,1-2H3,(H2,19,20,23). The summed E-state index contributed by atoms with van der Waals surface area (Å²) in [7, 11) is 0. The van der Waals surface area contributed by atoms with Crippen LogP contribution in [-0.2, 0) is 6.54 Å². The second kappa shape index (κ2) is 7.50. The number of carbonyl (C=O) groups is 1. The summed E-state index contributed by atoms with van der Waals surface area (Å²) in [4.78, 5) is 15.9. The first-order chi connectivity index (χ1) is 12.0. The molecule has 1 heterocycles. The van der Waals surface area contributed by atoms with Crippen LogP contribution in [0.25, 0.3) is 0 Å². The Morgan fingerprint density at radius 2 is 2.28 bits per heavy atom. The number of urea groups is 1. The van der Waals surface area contributed by atoms with Crippen LogP contribution >= 0.6 is 0 Å². The Hall–Kier alpha value is -2.64. The van der Waals surface area contributed by atoms with Gasteiger partial charge < -0.3 is 19.9 Å². The molecule has 1 fully saturated rings. The lowest BCUT2D eigenvalue weighted by molar-refractivity contribution is 0.237. The molecule has 0 spiro atoms. The number of ether oxygens (including phenoxy) is 1. The van der Waals surface area contributed by atoms with E-state index in [9.17, 15) is 9.18 Å².